The van der Waals surface area contributed by atoms with Gasteiger partial charge in [-0.15, -0.1) is 11.8 Å². The highest BCUT2D eigenvalue weighted by molar-refractivity contribution is 7.98. The maximum Gasteiger partial charge on any atom is 0.123 e. The molecule has 0 bridgehead atoms. The van der Waals surface area contributed by atoms with Crippen LogP contribution in [-0.4, -0.2) is 13.3 Å². The maximum atomic E-state index is 13.4. The number of halogens is 2. The topological polar surface area (TPSA) is 12.0 Å². The number of nitrogens with one attached hydrogen (secondary N) is 1. The van der Waals surface area contributed by atoms with E-state index in [9.17, 15) is 4.39 Å². The van der Waals surface area contributed by atoms with Gasteiger partial charge in [0.05, 0.1) is 0 Å². The third-order valence-electron chi connectivity index (χ3n) is 3.29. The van der Waals surface area contributed by atoms with Gasteiger partial charge in [-0.2, -0.15) is 0 Å². The summed E-state index contributed by atoms with van der Waals surface area (Å²) in [5.41, 5.74) is 2.03. The molecule has 0 fully saturated rings. The van der Waals surface area contributed by atoms with Crippen molar-refractivity contribution in [2.24, 2.45) is 0 Å². The molecule has 20 heavy (non-hydrogen) atoms. The largest absolute Gasteiger partial charge is 0.313 e. The summed E-state index contributed by atoms with van der Waals surface area (Å²) in [6.45, 7) is 0. The van der Waals surface area contributed by atoms with E-state index >= 15 is 0 Å². The van der Waals surface area contributed by atoms with Crippen LogP contribution in [0.25, 0.3) is 0 Å². The minimum Gasteiger partial charge on any atom is -0.313 e. The van der Waals surface area contributed by atoms with Crippen LogP contribution in [0.5, 0.6) is 0 Å². The van der Waals surface area contributed by atoms with Crippen molar-refractivity contribution in [3.05, 3.63) is 64.4 Å². The quantitative estimate of drug-likeness (QED) is 0.803. The Kier molecular flexibility index (Phi) is 5.46. The summed E-state index contributed by atoms with van der Waals surface area (Å²) < 4.78 is 13.4. The number of thioether (sulfide) groups is 1. The van der Waals surface area contributed by atoms with Gasteiger partial charge in [-0.1, -0.05) is 29.8 Å². The molecule has 0 aliphatic heterocycles. The molecule has 0 amide bonds. The predicted octanol–water partition coefficient (Wildman–Crippen LogP) is 4.70. The Morgan fingerprint density at radius 2 is 2.00 bits per heavy atom. The molecule has 0 heterocycles. The zero-order valence-electron chi connectivity index (χ0n) is 11.5. The number of rotatable bonds is 5. The van der Waals surface area contributed by atoms with Gasteiger partial charge in [-0.05, 0) is 55.1 Å². The molecule has 1 nitrogen and oxygen atoms in total. The molecule has 1 unspecified atom stereocenters. The summed E-state index contributed by atoms with van der Waals surface area (Å²) in [4.78, 5) is 1.22. The lowest BCUT2D eigenvalue weighted by atomic mass is 9.99. The summed E-state index contributed by atoms with van der Waals surface area (Å²) in [7, 11) is 1.91. The normalized spacial score (nSPS) is 12.4. The second-order valence-corrected chi connectivity index (χ2v) is 5.78. The fraction of sp³-hybridized carbons (Fsp3) is 0.250. The van der Waals surface area contributed by atoms with Gasteiger partial charge in [0, 0.05) is 16.0 Å². The van der Waals surface area contributed by atoms with Crippen molar-refractivity contribution >= 4 is 23.4 Å². The molecule has 0 aliphatic carbocycles. The Morgan fingerprint density at radius 1 is 1.25 bits per heavy atom. The first-order valence-electron chi connectivity index (χ1n) is 6.39. The molecule has 0 aliphatic rings. The van der Waals surface area contributed by atoms with Crippen molar-refractivity contribution in [3.8, 4) is 0 Å². The highest BCUT2D eigenvalue weighted by Gasteiger charge is 2.15. The van der Waals surface area contributed by atoms with Crippen LogP contribution in [0.3, 0.4) is 0 Å². The van der Waals surface area contributed by atoms with E-state index in [0.29, 0.717) is 11.4 Å². The van der Waals surface area contributed by atoms with Crippen LogP contribution in [0.1, 0.15) is 17.2 Å². The number of benzene rings is 2. The van der Waals surface area contributed by atoms with E-state index in [2.05, 4.69) is 23.7 Å². The van der Waals surface area contributed by atoms with Gasteiger partial charge in [0.25, 0.3) is 0 Å². The molecule has 0 aromatic heterocycles. The lowest BCUT2D eigenvalue weighted by Crippen LogP contribution is -2.19. The summed E-state index contributed by atoms with van der Waals surface area (Å²) in [6.07, 6.45) is 2.71. The molecule has 2 aromatic rings. The number of likely N-dealkylation sites (N-methyl/N-ethyl adjacent to an activating group) is 1. The molecular weight excluding hydrogens is 293 g/mol. The highest BCUT2D eigenvalue weighted by atomic mass is 35.5. The van der Waals surface area contributed by atoms with E-state index in [1.165, 1.54) is 22.6 Å². The Balaban J connectivity index is 2.31. The van der Waals surface area contributed by atoms with Gasteiger partial charge in [0.2, 0.25) is 0 Å². The molecule has 0 radical (unpaired) electrons. The van der Waals surface area contributed by atoms with Crippen LogP contribution >= 0.6 is 23.4 Å². The first-order chi connectivity index (χ1) is 9.65. The smallest absolute Gasteiger partial charge is 0.123 e. The molecule has 1 atom stereocenters. The average Bonchev–Trinajstić information content (AvgIpc) is 2.48. The van der Waals surface area contributed by atoms with Crippen molar-refractivity contribution in [2.45, 2.75) is 17.4 Å². The summed E-state index contributed by atoms with van der Waals surface area (Å²) in [5, 5.41) is 3.90. The Labute approximate surface area is 128 Å². The third kappa shape index (κ3) is 3.54. The molecule has 2 rings (SSSR count). The first-order valence-corrected chi connectivity index (χ1v) is 8.00. The second-order valence-electron chi connectivity index (χ2n) is 4.52. The van der Waals surface area contributed by atoms with Gasteiger partial charge in [-0.25, -0.2) is 4.39 Å². The molecule has 1 N–H and O–H groups in total. The van der Waals surface area contributed by atoms with Gasteiger partial charge in [-0.3, -0.25) is 0 Å². The van der Waals surface area contributed by atoms with E-state index in [1.807, 2.05) is 19.2 Å². The Morgan fingerprint density at radius 3 is 2.70 bits per heavy atom. The summed E-state index contributed by atoms with van der Waals surface area (Å²) >= 11 is 7.87. The molecule has 106 valence electrons. The molecule has 4 heteroatoms. The standard InChI is InChI=1S/C16H17ClFNS/c1-19-15(13-5-3-4-6-16(13)20-2)10-11-9-12(18)7-8-14(11)17/h3-9,15,19H,10H2,1-2H3. The van der Waals surface area contributed by atoms with E-state index in [0.717, 1.165) is 5.56 Å². The van der Waals surface area contributed by atoms with Gasteiger partial charge in [0.15, 0.2) is 0 Å². The van der Waals surface area contributed by atoms with E-state index in [4.69, 9.17) is 11.6 Å². The second kappa shape index (κ2) is 7.11. The Bertz CT molecular complexity index is 588. The van der Waals surface area contributed by atoms with Crippen molar-refractivity contribution in [1.29, 1.82) is 0 Å². The maximum absolute atomic E-state index is 13.4. The van der Waals surface area contributed by atoms with Crippen LogP contribution in [-0.2, 0) is 6.42 Å². The zero-order chi connectivity index (χ0) is 14.5. The fourth-order valence-corrected chi connectivity index (χ4v) is 3.10. The van der Waals surface area contributed by atoms with Crippen molar-refractivity contribution in [2.75, 3.05) is 13.3 Å². The zero-order valence-corrected chi connectivity index (χ0v) is 13.1. The van der Waals surface area contributed by atoms with Gasteiger partial charge < -0.3 is 5.32 Å². The van der Waals surface area contributed by atoms with Gasteiger partial charge >= 0.3 is 0 Å². The van der Waals surface area contributed by atoms with Crippen molar-refractivity contribution in [1.82, 2.24) is 5.32 Å². The molecule has 2 aromatic carbocycles. The SMILES string of the molecule is CNC(Cc1cc(F)ccc1Cl)c1ccccc1SC. The van der Waals surface area contributed by atoms with Crippen LogP contribution in [0.2, 0.25) is 5.02 Å². The fourth-order valence-electron chi connectivity index (χ4n) is 2.24. The molecule has 0 saturated carbocycles. The average molecular weight is 310 g/mol. The van der Waals surface area contributed by atoms with Crippen LogP contribution < -0.4 is 5.32 Å². The van der Waals surface area contributed by atoms with E-state index in [-0.39, 0.29) is 11.9 Å². The minimum atomic E-state index is -0.252. The Hall–Kier alpha value is -1.03. The number of hydrogen-bond donors (Lipinski definition) is 1. The van der Waals surface area contributed by atoms with Crippen LogP contribution in [0.15, 0.2) is 47.4 Å². The van der Waals surface area contributed by atoms with E-state index in [1.54, 1.807) is 17.8 Å². The van der Waals surface area contributed by atoms with Gasteiger partial charge in [0.1, 0.15) is 5.82 Å². The van der Waals surface area contributed by atoms with E-state index < -0.39 is 0 Å². The predicted molar refractivity (Wildman–Crippen MR) is 85.1 cm³/mol. The summed E-state index contributed by atoms with van der Waals surface area (Å²) in [5.74, 6) is -0.252. The number of hydrogen-bond acceptors (Lipinski definition) is 2. The van der Waals surface area contributed by atoms with Crippen LogP contribution in [0.4, 0.5) is 4.39 Å². The lowest BCUT2D eigenvalue weighted by Gasteiger charge is -2.20. The van der Waals surface area contributed by atoms with Crippen molar-refractivity contribution < 1.29 is 4.39 Å². The molecule has 0 saturated heterocycles. The minimum absolute atomic E-state index is 0.109. The van der Waals surface area contributed by atoms with Crippen molar-refractivity contribution in [3.63, 3.8) is 0 Å². The summed E-state index contributed by atoms with van der Waals surface area (Å²) in [6, 6.07) is 12.9. The monoisotopic (exact) mass is 309 g/mol. The van der Waals surface area contributed by atoms with Crippen LogP contribution in [0, 0.1) is 5.82 Å². The lowest BCUT2D eigenvalue weighted by molar-refractivity contribution is 0.576. The highest BCUT2D eigenvalue weighted by Crippen LogP contribution is 2.29. The third-order valence-corrected chi connectivity index (χ3v) is 4.47. The molecule has 0 spiro atoms. The molecular formula is C16H17ClFNS. The first kappa shape index (κ1) is 15.4.